The summed E-state index contributed by atoms with van der Waals surface area (Å²) >= 11 is 0. The Morgan fingerprint density at radius 3 is 2.64 bits per heavy atom. The number of H-pyrrole nitrogens is 1. The number of aromatic hydroxyl groups is 1. The molecule has 0 spiro atoms. The summed E-state index contributed by atoms with van der Waals surface area (Å²) in [5.74, 6) is 0.642. The van der Waals surface area contributed by atoms with Crippen molar-refractivity contribution in [2.24, 2.45) is 0 Å². The first-order valence-corrected chi connectivity index (χ1v) is 7.78. The summed E-state index contributed by atoms with van der Waals surface area (Å²) in [4.78, 5) is 3.40. The van der Waals surface area contributed by atoms with E-state index in [2.05, 4.69) is 36.0 Å². The summed E-state index contributed by atoms with van der Waals surface area (Å²) in [6.45, 7) is 6.57. The molecule has 3 aromatic rings. The molecule has 0 saturated heterocycles. The topological polar surface area (TPSA) is 61.8 Å². The van der Waals surface area contributed by atoms with Crippen LogP contribution < -0.4 is 0 Å². The van der Waals surface area contributed by atoms with Gasteiger partial charge in [-0.05, 0) is 36.1 Å². The first-order valence-electron chi connectivity index (χ1n) is 7.78. The first-order chi connectivity index (χ1) is 10.6. The molecule has 0 aliphatic carbocycles. The SMILES string of the molecule is CCCc1[nH]c2nnc(-c3ccccc3O)cc2c1C(C)C. The Bertz CT molecular complexity index is 805. The average molecular weight is 295 g/mol. The lowest BCUT2D eigenvalue weighted by Crippen LogP contribution is -1.94. The molecule has 0 unspecified atom stereocenters. The standard InChI is InChI=1S/C18H21N3O/c1-4-7-14-17(11(2)3)13-10-15(20-21-18(13)19-14)12-8-5-6-9-16(12)22/h5-6,8-11,22H,4,7H2,1-3H3,(H,19,21). The van der Waals surface area contributed by atoms with Gasteiger partial charge in [0.1, 0.15) is 5.75 Å². The van der Waals surface area contributed by atoms with Crippen molar-refractivity contribution < 1.29 is 5.11 Å². The second-order valence-electron chi connectivity index (χ2n) is 5.93. The maximum atomic E-state index is 10.0. The van der Waals surface area contributed by atoms with Gasteiger partial charge in [-0.2, -0.15) is 0 Å². The number of nitrogens with one attached hydrogen (secondary N) is 1. The molecular formula is C18H21N3O. The Hall–Kier alpha value is -2.36. The third-order valence-corrected chi connectivity index (χ3v) is 3.94. The number of rotatable bonds is 4. The number of aromatic nitrogens is 3. The van der Waals surface area contributed by atoms with Gasteiger partial charge in [-0.25, -0.2) is 0 Å². The van der Waals surface area contributed by atoms with Crippen LogP contribution in [-0.4, -0.2) is 20.3 Å². The highest BCUT2D eigenvalue weighted by molar-refractivity contribution is 5.85. The molecule has 0 radical (unpaired) electrons. The second kappa shape index (κ2) is 5.79. The number of fused-ring (bicyclic) bond motifs is 1. The Morgan fingerprint density at radius 2 is 1.95 bits per heavy atom. The molecule has 2 heterocycles. The minimum absolute atomic E-state index is 0.228. The number of aromatic amines is 1. The summed E-state index contributed by atoms with van der Waals surface area (Å²) in [5.41, 5.74) is 4.80. The molecule has 2 N–H and O–H groups in total. The Morgan fingerprint density at radius 1 is 1.18 bits per heavy atom. The predicted octanol–water partition coefficient (Wildman–Crippen LogP) is 4.41. The highest BCUT2D eigenvalue weighted by atomic mass is 16.3. The van der Waals surface area contributed by atoms with E-state index < -0.39 is 0 Å². The summed E-state index contributed by atoms with van der Waals surface area (Å²) in [6, 6.07) is 9.26. The van der Waals surface area contributed by atoms with Gasteiger partial charge >= 0.3 is 0 Å². The normalized spacial score (nSPS) is 11.5. The van der Waals surface area contributed by atoms with E-state index in [-0.39, 0.29) is 5.75 Å². The summed E-state index contributed by atoms with van der Waals surface area (Å²) in [6.07, 6.45) is 2.10. The number of hydrogen-bond donors (Lipinski definition) is 2. The average Bonchev–Trinajstić information content (AvgIpc) is 2.85. The van der Waals surface area contributed by atoms with Gasteiger partial charge in [-0.1, -0.05) is 39.3 Å². The van der Waals surface area contributed by atoms with Crippen LogP contribution in [0.1, 0.15) is 44.4 Å². The number of nitrogens with zero attached hydrogens (tertiary/aromatic N) is 2. The van der Waals surface area contributed by atoms with Crippen molar-refractivity contribution in [3.05, 3.63) is 41.6 Å². The Labute approximate surface area is 130 Å². The molecule has 0 fully saturated rings. The molecule has 0 amide bonds. The van der Waals surface area contributed by atoms with Crippen molar-refractivity contribution in [3.8, 4) is 17.0 Å². The van der Waals surface area contributed by atoms with Gasteiger partial charge in [-0.15, -0.1) is 10.2 Å². The van der Waals surface area contributed by atoms with E-state index in [0.717, 1.165) is 23.9 Å². The van der Waals surface area contributed by atoms with Gasteiger partial charge in [0.25, 0.3) is 0 Å². The zero-order valence-electron chi connectivity index (χ0n) is 13.2. The van der Waals surface area contributed by atoms with Crippen LogP contribution in [0.15, 0.2) is 30.3 Å². The van der Waals surface area contributed by atoms with Gasteiger partial charge in [-0.3, -0.25) is 0 Å². The monoisotopic (exact) mass is 295 g/mol. The van der Waals surface area contributed by atoms with Crippen LogP contribution in [0.4, 0.5) is 0 Å². The lowest BCUT2D eigenvalue weighted by Gasteiger charge is -2.08. The lowest BCUT2D eigenvalue weighted by molar-refractivity contribution is 0.477. The van der Waals surface area contributed by atoms with E-state index >= 15 is 0 Å². The Kier molecular flexibility index (Phi) is 3.84. The van der Waals surface area contributed by atoms with Crippen LogP contribution in [0.5, 0.6) is 5.75 Å². The van der Waals surface area contributed by atoms with Gasteiger partial charge in [0.2, 0.25) is 0 Å². The van der Waals surface area contributed by atoms with Crippen molar-refractivity contribution in [1.29, 1.82) is 0 Å². The molecule has 0 atom stereocenters. The van der Waals surface area contributed by atoms with Crippen molar-refractivity contribution >= 4 is 11.0 Å². The third kappa shape index (κ3) is 2.45. The highest BCUT2D eigenvalue weighted by Crippen LogP contribution is 2.33. The molecule has 22 heavy (non-hydrogen) atoms. The number of aryl methyl sites for hydroxylation is 1. The van der Waals surface area contributed by atoms with Crippen molar-refractivity contribution in [2.45, 2.75) is 39.5 Å². The molecule has 4 heteroatoms. The molecule has 1 aromatic carbocycles. The molecule has 3 rings (SSSR count). The Balaban J connectivity index is 2.21. The molecule has 0 saturated carbocycles. The predicted molar refractivity (Wildman–Crippen MR) is 89.1 cm³/mol. The van der Waals surface area contributed by atoms with Crippen LogP contribution in [0.2, 0.25) is 0 Å². The van der Waals surface area contributed by atoms with E-state index in [1.165, 1.54) is 11.3 Å². The summed E-state index contributed by atoms with van der Waals surface area (Å²) < 4.78 is 0. The van der Waals surface area contributed by atoms with Gasteiger partial charge in [0.05, 0.1) is 5.69 Å². The van der Waals surface area contributed by atoms with Crippen LogP contribution >= 0.6 is 0 Å². The van der Waals surface area contributed by atoms with Crippen LogP contribution in [-0.2, 0) is 6.42 Å². The molecule has 0 aliphatic rings. The number of para-hydroxylation sites is 1. The van der Waals surface area contributed by atoms with E-state index in [1.807, 2.05) is 18.2 Å². The minimum atomic E-state index is 0.228. The van der Waals surface area contributed by atoms with Crippen LogP contribution in [0, 0.1) is 0 Å². The van der Waals surface area contributed by atoms with Gasteiger partial charge < -0.3 is 10.1 Å². The highest BCUT2D eigenvalue weighted by Gasteiger charge is 2.17. The second-order valence-corrected chi connectivity index (χ2v) is 5.93. The smallest absolute Gasteiger partial charge is 0.160 e. The van der Waals surface area contributed by atoms with E-state index in [4.69, 9.17) is 0 Å². The summed E-state index contributed by atoms with van der Waals surface area (Å²) in [5, 5.41) is 19.7. The van der Waals surface area contributed by atoms with E-state index in [0.29, 0.717) is 17.2 Å². The largest absolute Gasteiger partial charge is 0.507 e. The van der Waals surface area contributed by atoms with Gasteiger partial charge in [0.15, 0.2) is 5.65 Å². The number of phenolic OH excluding ortho intramolecular Hbond substituents is 1. The zero-order valence-corrected chi connectivity index (χ0v) is 13.2. The van der Waals surface area contributed by atoms with Crippen molar-refractivity contribution in [3.63, 3.8) is 0 Å². The molecule has 4 nitrogen and oxygen atoms in total. The maximum absolute atomic E-state index is 10.0. The molecule has 0 aliphatic heterocycles. The fraction of sp³-hybridized carbons (Fsp3) is 0.333. The molecule has 0 bridgehead atoms. The molecule has 2 aromatic heterocycles. The number of benzene rings is 1. The first kappa shape index (κ1) is 14.6. The number of hydrogen-bond acceptors (Lipinski definition) is 3. The quantitative estimate of drug-likeness (QED) is 0.749. The van der Waals surface area contributed by atoms with E-state index in [1.54, 1.807) is 12.1 Å². The lowest BCUT2D eigenvalue weighted by atomic mass is 9.97. The van der Waals surface area contributed by atoms with Crippen molar-refractivity contribution in [1.82, 2.24) is 15.2 Å². The number of phenols is 1. The van der Waals surface area contributed by atoms with Crippen LogP contribution in [0.3, 0.4) is 0 Å². The third-order valence-electron chi connectivity index (χ3n) is 3.94. The van der Waals surface area contributed by atoms with Crippen LogP contribution in [0.25, 0.3) is 22.3 Å². The summed E-state index contributed by atoms with van der Waals surface area (Å²) in [7, 11) is 0. The molecular weight excluding hydrogens is 274 g/mol. The fourth-order valence-electron chi connectivity index (χ4n) is 2.99. The maximum Gasteiger partial charge on any atom is 0.160 e. The fourth-order valence-corrected chi connectivity index (χ4v) is 2.99. The van der Waals surface area contributed by atoms with Crippen molar-refractivity contribution in [2.75, 3.05) is 0 Å². The van der Waals surface area contributed by atoms with E-state index in [9.17, 15) is 5.11 Å². The zero-order chi connectivity index (χ0) is 15.7. The molecule has 114 valence electrons. The minimum Gasteiger partial charge on any atom is -0.507 e. The van der Waals surface area contributed by atoms with Gasteiger partial charge in [0, 0.05) is 16.6 Å².